The first-order valence-electron chi connectivity index (χ1n) is 11.4. The van der Waals surface area contributed by atoms with Crippen LogP contribution in [0.1, 0.15) is 49.3 Å². The number of aryl methyl sites for hydroxylation is 1. The van der Waals surface area contributed by atoms with Gasteiger partial charge in [-0.2, -0.15) is 0 Å². The maximum absolute atomic E-state index is 12.2. The zero-order valence-corrected chi connectivity index (χ0v) is 19.2. The minimum Gasteiger partial charge on any atom is -0.465 e. The molecule has 33 heavy (non-hydrogen) atoms. The van der Waals surface area contributed by atoms with Crippen molar-refractivity contribution in [3.63, 3.8) is 0 Å². The number of carbonyl (C=O) groups is 1. The zero-order valence-electron chi connectivity index (χ0n) is 19.2. The molecule has 2 aromatic carbocycles. The second-order valence-corrected chi connectivity index (χ2v) is 8.30. The number of benzene rings is 2. The van der Waals surface area contributed by atoms with Gasteiger partial charge >= 0.3 is 6.09 Å². The van der Waals surface area contributed by atoms with Gasteiger partial charge in [0.15, 0.2) is 0 Å². The number of nitrogens with zero attached hydrogens (tertiary/aromatic N) is 2. The summed E-state index contributed by atoms with van der Waals surface area (Å²) in [4.78, 5) is 25.3. The number of aliphatic hydroxyl groups excluding tert-OH is 1. The van der Waals surface area contributed by atoms with Crippen molar-refractivity contribution in [1.29, 1.82) is 0 Å². The highest BCUT2D eigenvalue weighted by Crippen LogP contribution is 2.30. The molecule has 6 nitrogen and oxygen atoms in total. The Kier molecular flexibility index (Phi) is 8.44. The van der Waals surface area contributed by atoms with Gasteiger partial charge in [0.05, 0.1) is 6.04 Å². The number of aromatic nitrogens is 1. The topological polar surface area (TPSA) is 82.8 Å². The van der Waals surface area contributed by atoms with Gasteiger partial charge in [-0.05, 0) is 53.5 Å². The molecule has 3 rings (SSSR count). The molecule has 0 aliphatic rings. The van der Waals surface area contributed by atoms with E-state index in [1.165, 1.54) is 4.90 Å². The molecular weight excluding hydrogens is 416 g/mol. The highest BCUT2D eigenvalue weighted by molar-refractivity contribution is 5.66. The summed E-state index contributed by atoms with van der Waals surface area (Å²) in [5.41, 5.74) is 3.90. The Bertz CT molecular complexity index is 1090. The third-order valence-electron chi connectivity index (χ3n) is 6.19. The molecule has 0 bridgehead atoms. The average Bonchev–Trinajstić information content (AvgIpc) is 2.83. The number of aliphatic hydroxyl groups is 1. The molecule has 0 spiro atoms. The first-order chi connectivity index (χ1) is 15.9. The van der Waals surface area contributed by atoms with Crippen LogP contribution in [0.25, 0.3) is 11.1 Å². The summed E-state index contributed by atoms with van der Waals surface area (Å²) < 4.78 is 1.54. The fourth-order valence-corrected chi connectivity index (χ4v) is 4.34. The fourth-order valence-electron chi connectivity index (χ4n) is 4.34. The monoisotopic (exact) mass is 448 g/mol. The molecule has 2 N–H and O–H groups in total. The van der Waals surface area contributed by atoms with Crippen molar-refractivity contribution < 1.29 is 15.0 Å². The van der Waals surface area contributed by atoms with Gasteiger partial charge in [-0.15, -0.1) is 0 Å². The Morgan fingerprint density at radius 2 is 1.61 bits per heavy atom. The van der Waals surface area contributed by atoms with Crippen LogP contribution in [0.2, 0.25) is 0 Å². The number of rotatable bonds is 10. The smallest absolute Gasteiger partial charge is 0.407 e. The zero-order chi connectivity index (χ0) is 23.8. The minimum absolute atomic E-state index is 0.0616. The molecular formula is C27H32N2O4. The SMILES string of the molecule is CC[C@@H](c1ccc(-c2ccc(=O)n(C)c2)cc1)N(CC[C@H](CCO)c1ccccc1)C(=O)O. The van der Waals surface area contributed by atoms with E-state index in [0.29, 0.717) is 25.8 Å². The van der Waals surface area contributed by atoms with E-state index >= 15 is 0 Å². The van der Waals surface area contributed by atoms with Crippen molar-refractivity contribution >= 4 is 6.09 Å². The van der Waals surface area contributed by atoms with E-state index in [1.807, 2.05) is 61.5 Å². The first kappa shape index (κ1) is 24.3. The van der Waals surface area contributed by atoms with Crippen molar-refractivity contribution in [2.24, 2.45) is 7.05 Å². The molecule has 0 unspecified atom stereocenters. The van der Waals surface area contributed by atoms with Crippen LogP contribution in [-0.4, -0.2) is 38.9 Å². The van der Waals surface area contributed by atoms with Gasteiger partial charge in [0, 0.05) is 32.5 Å². The van der Waals surface area contributed by atoms with Crippen molar-refractivity contribution in [2.45, 2.75) is 38.1 Å². The molecule has 2 atom stereocenters. The lowest BCUT2D eigenvalue weighted by Crippen LogP contribution is -2.35. The number of hydrogen-bond acceptors (Lipinski definition) is 3. The van der Waals surface area contributed by atoms with E-state index in [0.717, 1.165) is 22.3 Å². The van der Waals surface area contributed by atoms with E-state index in [4.69, 9.17) is 0 Å². The third-order valence-corrected chi connectivity index (χ3v) is 6.19. The first-order valence-corrected chi connectivity index (χ1v) is 11.4. The van der Waals surface area contributed by atoms with Gasteiger partial charge in [0.25, 0.3) is 0 Å². The van der Waals surface area contributed by atoms with E-state index < -0.39 is 6.09 Å². The summed E-state index contributed by atoms with van der Waals surface area (Å²) in [5.74, 6) is 0.0997. The van der Waals surface area contributed by atoms with E-state index in [9.17, 15) is 19.8 Å². The number of pyridine rings is 1. The number of amides is 1. The molecule has 0 aliphatic heterocycles. The Labute approximate surface area is 194 Å². The standard InChI is InChI=1S/C27H32N2O4/c1-3-25(23-11-9-21(10-12-23)24-13-14-26(31)28(2)19-24)29(27(32)33)17-15-22(16-18-30)20-7-5-4-6-8-20/h4-14,19,22,25,30H,3,15-18H2,1-2H3,(H,32,33)/t22-,25+/m1/s1. The highest BCUT2D eigenvalue weighted by Gasteiger charge is 2.25. The van der Waals surface area contributed by atoms with Crippen LogP contribution in [0.5, 0.6) is 0 Å². The van der Waals surface area contributed by atoms with Crippen LogP contribution in [0.3, 0.4) is 0 Å². The van der Waals surface area contributed by atoms with Gasteiger partial charge in [-0.3, -0.25) is 4.79 Å². The molecule has 174 valence electrons. The van der Waals surface area contributed by atoms with Crippen LogP contribution in [0, 0.1) is 0 Å². The van der Waals surface area contributed by atoms with E-state index in [2.05, 4.69) is 0 Å². The predicted octanol–water partition coefficient (Wildman–Crippen LogP) is 5.04. The summed E-state index contributed by atoms with van der Waals surface area (Å²) in [7, 11) is 1.72. The molecule has 1 heterocycles. The molecule has 0 fully saturated rings. The second-order valence-electron chi connectivity index (χ2n) is 8.30. The minimum atomic E-state index is -0.945. The van der Waals surface area contributed by atoms with Crippen LogP contribution in [0.4, 0.5) is 4.79 Å². The molecule has 1 aromatic heterocycles. The molecule has 0 saturated heterocycles. The summed E-state index contributed by atoms with van der Waals surface area (Å²) in [6.45, 7) is 2.44. The van der Waals surface area contributed by atoms with Gasteiger partial charge < -0.3 is 19.7 Å². The van der Waals surface area contributed by atoms with Crippen LogP contribution in [0.15, 0.2) is 77.7 Å². The number of carboxylic acid groups (broad SMARTS) is 1. The summed E-state index contributed by atoms with van der Waals surface area (Å²) in [6.07, 6.45) is 2.75. The predicted molar refractivity (Wildman–Crippen MR) is 130 cm³/mol. The summed E-state index contributed by atoms with van der Waals surface area (Å²) >= 11 is 0. The van der Waals surface area contributed by atoms with Gasteiger partial charge in [-0.25, -0.2) is 4.79 Å². The normalized spacial score (nSPS) is 12.8. The molecule has 0 radical (unpaired) electrons. The second kappa shape index (κ2) is 11.5. The largest absolute Gasteiger partial charge is 0.465 e. The van der Waals surface area contributed by atoms with Crippen LogP contribution in [-0.2, 0) is 7.05 Å². The van der Waals surface area contributed by atoms with Crippen molar-refractivity contribution in [3.8, 4) is 11.1 Å². The lowest BCUT2D eigenvalue weighted by molar-refractivity contribution is 0.119. The third kappa shape index (κ3) is 6.11. The summed E-state index contributed by atoms with van der Waals surface area (Å²) in [5, 5.41) is 19.5. The van der Waals surface area contributed by atoms with Crippen LogP contribution < -0.4 is 5.56 Å². The maximum atomic E-state index is 12.2. The molecule has 1 amide bonds. The molecule has 0 saturated carbocycles. The molecule has 0 aliphatic carbocycles. The van der Waals surface area contributed by atoms with Gasteiger partial charge in [-0.1, -0.05) is 61.5 Å². The Hall–Kier alpha value is -3.38. The Morgan fingerprint density at radius 3 is 2.18 bits per heavy atom. The van der Waals surface area contributed by atoms with Gasteiger partial charge in [0.1, 0.15) is 0 Å². The van der Waals surface area contributed by atoms with Gasteiger partial charge in [0.2, 0.25) is 5.56 Å². The summed E-state index contributed by atoms with van der Waals surface area (Å²) in [6, 6.07) is 20.9. The highest BCUT2D eigenvalue weighted by atomic mass is 16.4. The van der Waals surface area contributed by atoms with E-state index in [-0.39, 0.29) is 24.1 Å². The lowest BCUT2D eigenvalue weighted by atomic mass is 9.92. The fraction of sp³-hybridized carbons (Fsp3) is 0.333. The quantitative estimate of drug-likeness (QED) is 0.455. The maximum Gasteiger partial charge on any atom is 0.407 e. The van der Waals surface area contributed by atoms with E-state index in [1.54, 1.807) is 29.9 Å². The lowest BCUT2D eigenvalue weighted by Gasteiger charge is -2.30. The van der Waals surface area contributed by atoms with Crippen molar-refractivity contribution in [1.82, 2.24) is 9.47 Å². The van der Waals surface area contributed by atoms with Crippen molar-refractivity contribution in [2.75, 3.05) is 13.2 Å². The van der Waals surface area contributed by atoms with Crippen molar-refractivity contribution in [3.05, 3.63) is 94.4 Å². The van der Waals surface area contributed by atoms with Crippen LogP contribution >= 0.6 is 0 Å². The number of hydrogen-bond donors (Lipinski definition) is 2. The average molecular weight is 449 g/mol. The molecule has 3 aromatic rings. The Morgan fingerprint density at radius 1 is 0.939 bits per heavy atom. The molecule has 6 heteroatoms. The Balaban J connectivity index is 1.78.